The molecule has 1 atom stereocenters. The summed E-state index contributed by atoms with van der Waals surface area (Å²) < 4.78 is 28.5. The highest BCUT2D eigenvalue weighted by atomic mass is 19.3. The maximum atomic E-state index is 12.1. The number of hydrogen-bond donors (Lipinski definition) is 2. The molecule has 140 valence electrons. The number of carbonyl (C=O) groups is 2. The van der Waals surface area contributed by atoms with Crippen molar-refractivity contribution in [3.63, 3.8) is 0 Å². The molecule has 0 aliphatic rings. The first kappa shape index (κ1) is 20.9. The van der Waals surface area contributed by atoms with E-state index in [9.17, 15) is 18.4 Å². The molecule has 0 aliphatic heterocycles. The van der Waals surface area contributed by atoms with Crippen LogP contribution in [-0.2, 0) is 9.59 Å². The van der Waals surface area contributed by atoms with Crippen LogP contribution in [0, 0.1) is 5.41 Å². The van der Waals surface area contributed by atoms with Gasteiger partial charge in [-0.05, 0) is 31.0 Å². The number of carbonyl (C=O) groups excluding carboxylic acids is 2. The van der Waals surface area contributed by atoms with E-state index in [1.807, 2.05) is 27.7 Å². The average molecular weight is 356 g/mol. The predicted molar refractivity (Wildman–Crippen MR) is 91.3 cm³/mol. The zero-order chi connectivity index (χ0) is 19.0. The van der Waals surface area contributed by atoms with Crippen molar-refractivity contribution in [3.8, 4) is 5.75 Å². The summed E-state index contributed by atoms with van der Waals surface area (Å²) in [5.41, 5.74) is 0.341. The van der Waals surface area contributed by atoms with Crippen molar-refractivity contribution in [2.24, 2.45) is 5.41 Å². The summed E-state index contributed by atoms with van der Waals surface area (Å²) in [5.74, 6) is -0.107. The Bertz CT molecular complexity index is 569. The Balaban J connectivity index is 2.35. The fourth-order valence-electron chi connectivity index (χ4n) is 2.05. The van der Waals surface area contributed by atoms with E-state index in [1.165, 1.54) is 12.1 Å². The van der Waals surface area contributed by atoms with Gasteiger partial charge in [0.15, 0.2) is 0 Å². The number of ether oxygens (including phenoxy) is 1. The highest BCUT2D eigenvalue weighted by Gasteiger charge is 2.20. The zero-order valence-corrected chi connectivity index (χ0v) is 15.1. The van der Waals surface area contributed by atoms with Gasteiger partial charge in [0.05, 0.1) is 6.04 Å². The van der Waals surface area contributed by atoms with Crippen LogP contribution in [-0.4, -0.2) is 25.0 Å². The van der Waals surface area contributed by atoms with Crippen LogP contribution < -0.4 is 15.4 Å². The summed E-state index contributed by atoms with van der Waals surface area (Å²) in [6, 6.07) is 5.88. The fraction of sp³-hybridized carbons (Fsp3) is 0.556. The minimum Gasteiger partial charge on any atom is -0.435 e. The van der Waals surface area contributed by atoms with Gasteiger partial charge in [-0.2, -0.15) is 8.78 Å². The number of amides is 2. The molecule has 0 fully saturated rings. The van der Waals surface area contributed by atoms with Crippen molar-refractivity contribution >= 4 is 11.8 Å². The lowest BCUT2D eigenvalue weighted by atomic mass is 9.96. The lowest BCUT2D eigenvalue weighted by Gasteiger charge is -2.18. The van der Waals surface area contributed by atoms with Crippen molar-refractivity contribution in [3.05, 3.63) is 29.8 Å². The number of halogens is 2. The second-order valence-electron chi connectivity index (χ2n) is 6.85. The van der Waals surface area contributed by atoms with Gasteiger partial charge in [0.2, 0.25) is 11.8 Å². The molecule has 0 saturated carbocycles. The molecular weight excluding hydrogens is 330 g/mol. The summed E-state index contributed by atoms with van der Waals surface area (Å²) >= 11 is 0. The molecule has 1 aromatic rings. The second-order valence-corrected chi connectivity index (χ2v) is 6.85. The van der Waals surface area contributed by atoms with Gasteiger partial charge < -0.3 is 15.4 Å². The topological polar surface area (TPSA) is 67.4 Å². The molecule has 0 bridgehead atoms. The first-order chi connectivity index (χ1) is 11.6. The van der Waals surface area contributed by atoms with Gasteiger partial charge in [-0.25, -0.2) is 0 Å². The minimum atomic E-state index is -2.86. The van der Waals surface area contributed by atoms with Crippen molar-refractivity contribution in [1.29, 1.82) is 0 Å². The van der Waals surface area contributed by atoms with E-state index in [0.29, 0.717) is 19.4 Å². The molecule has 1 aromatic carbocycles. The molecule has 0 radical (unpaired) electrons. The van der Waals surface area contributed by atoms with E-state index in [1.54, 1.807) is 12.1 Å². The van der Waals surface area contributed by atoms with Crippen molar-refractivity contribution in [2.75, 3.05) is 6.54 Å². The summed E-state index contributed by atoms with van der Waals surface area (Å²) in [6.45, 7) is 4.87. The Hall–Kier alpha value is -2.18. The van der Waals surface area contributed by atoms with Gasteiger partial charge in [0.1, 0.15) is 5.75 Å². The van der Waals surface area contributed by atoms with Crippen LogP contribution in [0.2, 0.25) is 0 Å². The molecule has 2 amide bonds. The van der Waals surface area contributed by atoms with E-state index in [-0.39, 0.29) is 23.6 Å². The molecule has 0 aromatic heterocycles. The van der Waals surface area contributed by atoms with Crippen molar-refractivity contribution in [2.45, 2.75) is 53.2 Å². The van der Waals surface area contributed by atoms with Crippen LogP contribution in [0.15, 0.2) is 24.3 Å². The normalized spacial score (nSPS) is 12.6. The molecule has 25 heavy (non-hydrogen) atoms. The number of nitrogens with one attached hydrogen (secondary N) is 2. The lowest BCUT2D eigenvalue weighted by molar-refractivity contribution is -0.128. The van der Waals surface area contributed by atoms with Crippen LogP contribution in [0.1, 0.15) is 52.1 Å². The van der Waals surface area contributed by atoms with E-state index in [4.69, 9.17) is 0 Å². The maximum absolute atomic E-state index is 12.1. The highest BCUT2D eigenvalue weighted by Crippen LogP contribution is 2.19. The van der Waals surface area contributed by atoms with Crippen molar-refractivity contribution < 1.29 is 23.1 Å². The number of alkyl halides is 2. The second kappa shape index (κ2) is 9.34. The molecule has 0 spiro atoms. The van der Waals surface area contributed by atoms with E-state index >= 15 is 0 Å². The Labute approximate surface area is 147 Å². The number of rotatable bonds is 8. The molecular formula is C18H26F2N2O3. The van der Waals surface area contributed by atoms with Gasteiger partial charge in [-0.1, -0.05) is 32.9 Å². The zero-order valence-electron chi connectivity index (χ0n) is 15.1. The summed E-state index contributed by atoms with van der Waals surface area (Å²) in [4.78, 5) is 23.6. The average Bonchev–Trinajstić information content (AvgIpc) is 2.50. The standard InChI is InChI=1S/C18H26F2N2O3/c1-12(13-7-9-14(10-8-13)25-17(19)20)22-15(23)6-5-11-21-16(24)18(2,3)4/h7-10,12,17H,5-6,11H2,1-4H3,(H,21,24)(H,22,23). The molecule has 0 aliphatic carbocycles. The van der Waals surface area contributed by atoms with Gasteiger partial charge >= 0.3 is 6.61 Å². The molecule has 1 unspecified atom stereocenters. The minimum absolute atomic E-state index is 0.0487. The van der Waals surface area contributed by atoms with Gasteiger partial charge in [-0.15, -0.1) is 0 Å². The van der Waals surface area contributed by atoms with Crippen molar-refractivity contribution in [1.82, 2.24) is 10.6 Å². The highest BCUT2D eigenvalue weighted by molar-refractivity contribution is 5.81. The van der Waals surface area contributed by atoms with Crippen LogP contribution in [0.5, 0.6) is 5.75 Å². The SMILES string of the molecule is CC(NC(=O)CCCNC(=O)C(C)(C)C)c1ccc(OC(F)F)cc1. The van der Waals surface area contributed by atoms with Crippen LogP contribution in [0.3, 0.4) is 0 Å². The first-order valence-electron chi connectivity index (χ1n) is 8.22. The maximum Gasteiger partial charge on any atom is 0.387 e. The number of hydrogen-bond acceptors (Lipinski definition) is 3. The van der Waals surface area contributed by atoms with Crippen LogP contribution >= 0.6 is 0 Å². The smallest absolute Gasteiger partial charge is 0.387 e. The largest absolute Gasteiger partial charge is 0.435 e. The van der Waals surface area contributed by atoms with Crippen LogP contribution in [0.25, 0.3) is 0 Å². The Kier molecular flexibility index (Phi) is 7.80. The first-order valence-corrected chi connectivity index (χ1v) is 8.22. The quantitative estimate of drug-likeness (QED) is 0.702. The van der Waals surface area contributed by atoms with Gasteiger partial charge in [0.25, 0.3) is 0 Å². The molecule has 0 heterocycles. The monoisotopic (exact) mass is 356 g/mol. The summed E-state index contributed by atoms with van der Waals surface area (Å²) in [7, 11) is 0. The third kappa shape index (κ3) is 7.96. The molecule has 7 heteroatoms. The molecule has 0 saturated heterocycles. The fourth-order valence-corrected chi connectivity index (χ4v) is 2.05. The third-order valence-corrected chi connectivity index (χ3v) is 3.53. The van der Waals surface area contributed by atoms with E-state index < -0.39 is 12.0 Å². The Morgan fingerprint density at radius 1 is 1.16 bits per heavy atom. The third-order valence-electron chi connectivity index (χ3n) is 3.53. The summed E-state index contributed by atoms with van der Waals surface area (Å²) in [6.07, 6.45) is 0.836. The predicted octanol–water partition coefficient (Wildman–Crippen LogP) is 3.41. The molecule has 1 rings (SSSR count). The van der Waals surface area contributed by atoms with E-state index in [0.717, 1.165) is 5.56 Å². The Morgan fingerprint density at radius 3 is 2.28 bits per heavy atom. The number of benzene rings is 1. The van der Waals surface area contributed by atoms with Gasteiger partial charge in [-0.3, -0.25) is 9.59 Å². The lowest BCUT2D eigenvalue weighted by Crippen LogP contribution is -2.36. The van der Waals surface area contributed by atoms with Crippen LogP contribution in [0.4, 0.5) is 8.78 Å². The molecule has 5 nitrogen and oxygen atoms in total. The molecule has 2 N–H and O–H groups in total. The van der Waals surface area contributed by atoms with E-state index in [2.05, 4.69) is 15.4 Å². The summed E-state index contributed by atoms with van der Waals surface area (Å²) in [5, 5.41) is 5.62. The van der Waals surface area contributed by atoms with Gasteiger partial charge in [0, 0.05) is 18.4 Å². The Morgan fingerprint density at radius 2 is 1.76 bits per heavy atom.